The minimum absolute atomic E-state index is 0.0173. The van der Waals surface area contributed by atoms with Crippen LogP contribution < -0.4 is 11.2 Å². The molecule has 0 radical (unpaired) electrons. The number of fused-ring (bicyclic) bond motifs is 1. The smallest absolute Gasteiger partial charge is 0.350 e. The zero-order valence-electron chi connectivity index (χ0n) is 18.8. The summed E-state index contributed by atoms with van der Waals surface area (Å²) < 4.78 is 33.2. The fourth-order valence-corrected chi connectivity index (χ4v) is 4.32. The molecule has 2 heterocycles. The third-order valence-electron chi connectivity index (χ3n) is 6.06. The molecule has 0 bridgehead atoms. The van der Waals surface area contributed by atoms with Gasteiger partial charge in [0.15, 0.2) is 5.82 Å². The lowest BCUT2D eigenvalue weighted by molar-refractivity contribution is 0.264. The molecule has 10 heteroatoms. The minimum atomic E-state index is -0.857. The van der Waals surface area contributed by atoms with E-state index in [0.717, 1.165) is 15.3 Å². The van der Waals surface area contributed by atoms with Crippen molar-refractivity contribution < 1.29 is 13.9 Å². The van der Waals surface area contributed by atoms with Gasteiger partial charge in [0.2, 0.25) is 0 Å². The monoisotopic (exact) mass is 488 g/mol. The van der Waals surface area contributed by atoms with Crippen LogP contribution in [0.3, 0.4) is 0 Å². The quantitative estimate of drug-likeness (QED) is 0.439. The SMILES string of the molecule is CCC(C)c1cn(-c2c(F)cccc2Cl)c(=O)c2cc(F)c(-n3nc(CO)n(CC)c3=O)cc12. The molecule has 0 amide bonds. The number of rotatable bonds is 6. The molecule has 2 aromatic heterocycles. The molecule has 178 valence electrons. The Morgan fingerprint density at radius 1 is 1.12 bits per heavy atom. The van der Waals surface area contributed by atoms with Gasteiger partial charge in [-0.1, -0.05) is 31.5 Å². The summed E-state index contributed by atoms with van der Waals surface area (Å²) >= 11 is 6.21. The number of aliphatic hydroxyl groups excluding tert-OH is 1. The lowest BCUT2D eigenvalue weighted by Gasteiger charge is -2.18. The van der Waals surface area contributed by atoms with Crippen LogP contribution in [0, 0.1) is 11.6 Å². The van der Waals surface area contributed by atoms with Gasteiger partial charge in [0.1, 0.15) is 29.6 Å². The van der Waals surface area contributed by atoms with Gasteiger partial charge in [0.25, 0.3) is 5.56 Å². The molecule has 0 spiro atoms. The predicted octanol–water partition coefficient (Wildman–Crippen LogP) is 4.30. The molecule has 0 fully saturated rings. The molecule has 1 unspecified atom stereocenters. The maximum absolute atomic E-state index is 15.3. The number of para-hydroxylation sites is 1. The molecule has 0 aliphatic heterocycles. The number of pyridine rings is 1. The molecule has 34 heavy (non-hydrogen) atoms. The normalized spacial score (nSPS) is 12.4. The van der Waals surface area contributed by atoms with Crippen molar-refractivity contribution in [1.29, 1.82) is 0 Å². The average Bonchev–Trinajstić information content (AvgIpc) is 3.14. The number of nitrogens with zero attached hydrogens (tertiary/aromatic N) is 4. The van der Waals surface area contributed by atoms with Crippen LogP contribution in [-0.4, -0.2) is 24.0 Å². The molecule has 0 aliphatic carbocycles. The first-order chi connectivity index (χ1) is 16.2. The van der Waals surface area contributed by atoms with Crippen LogP contribution in [0.2, 0.25) is 5.02 Å². The van der Waals surface area contributed by atoms with E-state index in [9.17, 15) is 19.1 Å². The van der Waals surface area contributed by atoms with E-state index in [2.05, 4.69) is 5.10 Å². The van der Waals surface area contributed by atoms with Crippen molar-refractivity contribution in [2.75, 3.05) is 0 Å². The van der Waals surface area contributed by atoms with Crippen molar-refractivity contribution in [3.8, 4) is 11.4 Å². The van der Waals surface area contributed by atoms with Crippen molar-refractivity contribution in [2.45, 2.75) is 46.3 Å². The number of benzene rings is 2. The van der Waals surface area contributed by atoms with E-state index < -0.39 is 29.5 Å². The van der Waals surface area contributed by atoms with E-state index in [4.69, 9.17) is 11.6 Å². The van der Waals surface area contributed by atoms with Crippen molar-refractivity contribution in [1.82, 2.24) is 18.9 Å². The minimum Gasteiger partial charge on any atom is -0.388 e. The summed E-state index contributed by atoms with van der Waals surface area (Å²) in [7, 11) is 0. The standard InChI is InChI=1S/C24H23ClF2N4O3/c1-4-13(3)16-11-30(22-17(25)7-6-8-18(22)26)23(33)15-9-19(27)20(10-14(15)16)31-24(34)29(5-2)21(12-32)28-31/h6-11,13,32H,4-5,12H2,1-3H3. The molecular formula is C24H23ClF2N4O3. The highest BCUT2D eigenvalue weighted by Gasteiger charge is 2.22. The zero-order valence-corrected chi connectivity index (χ0v) is 19.6. The van der Waals surface area contributed by atoms with Gasteiger partial charge in [-0.05, 0) is 54.5 Å². The van der Waals surface area contributed by atoms with Crippen LogP contribution in [0.1, 0.15) is 44.5 Å². The summed E-state index contributed by atoms with van der Waals surface area (Å²) in [5.41, 5.74) is -0.869. The van der Waals surface area contributed by atoms with Gasteiger partial charge in [0.05, 0.1) is 10.4 Å². The van der Waals surface area contributed by atoms with Crippen molar-refractivity contribution in [3.05, 3.63) is 85.4 Å². The van der Waals surface area contributed by atoms with Crippen molar-refractivity contribution in [2.24, 2.45) is 0 Å². The Bertz CT molecular complexity index is 1500. The summed E-state index contributed by atoms with van der Waals surface area (Å²) in [6.07, 6.45) is 2.20. The van der Waals surface area contributed by atoms with Crippen LogP contribution in [0.25, 0.3) is 22.1 Å². The average molecular weight is 489 g/mol. The highest BCUT2D eigenvalue weighted by Crippen LogP contribution is 2.31. The molecule has 0 saturated heterocycles. The Balaban J connectivity index is 2.09. The lowest BCUT2D eigenvalue weighted by atomic mass is 9.94. The predicted molar refractivity (Wildman–Crippen MR) is 126 cm³/mol. The van der Waals surface area contributed by atoms with Crippen LogP contribution in [0.15, 0.2) is 46.1 Å². The van der Waals surface area contributed by atoms with E-state index in [-0.39, 0.29) is 40.1 Å². The van der Waals surface area contributed by atoms with Gasteiger partial charge in [-0.3, -0.25) is 13.9 Å². The Hall–Kier alpha value is -3.30. The second kappa shape index (κ2) is 9.15. The van der Waals surface area contributed by atoms with Gasteiger partial charge in [-0.25, -0.2) is 13.6 Å². The number of aliphatic hydroxyl groups is 1. The maximum Gasteiger partial charge on any atom is 0.350 e. The van der Waals surface area contributed by atoms with Crippen molar-refractivity contribution >= 4 is 22.4 Å². The van der Waals surface area contributed by atoms with Crippen LogP contribution in [0.5, 0.6) is 0 Å². The third kappa shape index (κ3) is 3.74. The van der Waals surface area contributed by atoms with Crippen LogP contribution in [0.4, 0.5) is 8.78 Å². The lowest BCUT2D eigenvalue weighted by Crippen LogP contribution is -2.25. The zero-order chi connectivity index (χ0) is 24.7. The topological polar surface area (TPSA) is 82.0 Å². The fourth-order valence-electron chi connectivity index (χ4n) is 4.06. The van der Waals surface area contributed by atoms with Crippen molar-refractivity contribution in [3.63, 3.8) is 0 Å². The highest BCUT2D eigenvalue weighted by atomic mass is 35.5. The molecule has 2 aromatic carbocycles. The molecule has 4 rings (SSSR count). The molecular weight excluding hydrogens is 466 g/mol. The van der Waals surface area contributed by atoms with Gasteiger partial charge in [-0.15, -0.1) is 5.10 Å². The Labute approximate surface area is 198 Å². The summed E-state index contributed by atoms with van der Waals surface area (Å²) in [5.74, 6) is -1.53. The van der Waals surface area contributed by atoms with E-state index >= 15 is 4.39 Å². The first-order valence-electron chi connectivity index (χ1n) is 10.9. The molecule has 7 nitrogen and oxygen atoms in total. The van der Waals surface area contributed by atoms with Crippen LogP contribution >= 0.6 is 11.6 Å². The maximum atomic E-state index is 15.3. The second-order valence-corrected chi connectivity index (χ2v) is 8.41. The van der Waals surface area contributed by atoms with E-state index in [1.54, 1.807) is 6.92 Å². The molecule has 0 saturated carbocycles. The number of hydrogen-bond donors (Lipinski definition) is 1. The number of hydrogen-bond acceptors (Lipinski definition) is 4. The number of halogens is 3. The molecule has 1 atom stereocenters. The molecule has 0 aliphatic rings. The fraction of sp³-hybridized carbons (Fsp3) is 0.292. The van der Waals surface area contributed by atoms with Gasteiger partial charge in [-0.2, -0.15) is 4.68 Å². The second-order valence-electron chi connectivity index (χ2n) is 8.00. The third-order valence-corrected chi connectivity index (χ3v) is 6.37. The largest absolute Gasteiger partial charge is 0.388 e. The molecule has 1 N–H and O–H groups in total. The summed E-state index contributed by atoms with van der Waals surface area (Å²) in [4.78, 5) is 26.2. The van der Waals surface area contributed by atoms with E-state index in [0.29, 0.717) is 17.4 Å². The van der Waals surface area contributed by atoms with E-state index in [1.165, 1.54) is 35.0 Å². The summed E-state index contributed by atoms with van der Waals surface area (Å²) in [6, 6.07) is 6.53. The first kappa shape index (κ1) is 23.8. The van der Waals surface area contributed by atoms with E-state index in [1.807, 2.05) is 13.8 Å². The Morgan fingerprint density at radius 2 is 1.85 bits per heavy atom. The van der Waals surface area contributed by atoms with Gasteiger partial charge >= 0.3 is 5.69 Å². The Morgan fingerprint density at radius 3 is 2.44 bits per heavy atom. The summed E-state index contributed by atoms with van der Waals surface area (Å²) in [6.45, 7) is 5.35. The number of aromatic nitrogens is 4. The highest BCUT2D eigenvalue weighted by molar-refractivity contribution is 6.32. The van der Waals surface area contributed by atoms with Gasteiger partial charge < -0.3 is 5.11 Å². The first-order valence-corrected chi connectivity index (χ1v) is 11.2. The van der Waals surface area contributed by atoms with Crippen LogP contribution in [-0.2, 0) is 13.2 Å². The van der Waals surface area contributed by atoms with Gasteiger partial charge in [0, 0.05) is 12.7 Å². The summed E-state index contributed by atoms with van der Waals surface area (Å²) in [5, 5.41) is 14.1. The molecule has 4 aromatic rings. The Kier molecular flexibility index (Phi) is 6.42.